The summed E-state index contributed by atoms with van der Waals surface area (Å²) < 4.78 is 15.0. The van der Waals surface area contributed by atoms with E-state index in [1.807, 2.05) is 96.3 Å². The second-order valence-corrected chi connectivity index (χ2v) is 34.0. The maximum Gasteiger partial charge on any atom is 0.164 e. The Morgan fingerprint density at radius 3 is 0.868 bits per heavy atom. The van der Waals surface area contributed by atoms with Gasteiger partial charge in [-0.1, -0.05) is 352 Å². The summed E-state index contributed by atoms with van der Waals surface area (Å²) in [5.41, 5.74) is 18.0. The first kappa shape index (κ1) is 74.6. The van der Waals surface area contributed by atoms with Crippen LogP contribution in [0.1, 0.15) is 0 Å². The summed E-state index contributed by atoms with van der Waals surface area (Å²) >= 11 is 1.81. The maximum absolute atomic E-state index is 6.40. The van der Waals surface area contributed by atoms with Crippen LogP contribution < -0.4 is 0 Å². The number of benzene rings is 21. The van der Waals surface area contributed by atoms with E-state index >= 15 is 0 Å². The van der Waals surface area contributed by atoms with Crippen molar-refractivity contribution in [2.24, 2.45) is 0 Å². The van der Waals surface area contributed by atoms with Crippen molar-refractivity contribution in [1.29, 1.82) is 0 Å². The molecule has 21 aromatic carbocycles. The Kier molecular flexibility index (Phi) is 18.0. The minimum Gasteiger partial charge on any atom is -0.456 e. The van der Waals surface area contributed by atoms with Crippen LogP contribution in [0.3, 0.4) is 0 Å². The van der Waals surface area contributed by atoms with Gasteiger partial charge in [-0.05, 0) is 182 Å². The molecule has 0 N–H and O–H groups in total. The molecule has 0 saturated heterocycles. The van der Waals surface area contributed by atoms with Crippen LogP contribution in [0.4, 0.5) is 0 Å². The van der Waals surface area contributed by atoms with Gasteiger partial charge in [0, 0.05) is 86.2 Å². The minimum atomic E-state index is 0.643. The van der Waals surface area contributed by atoms with Crippen molar-refractivity contribution in [3.63, 3.8) is 0 Å². The molecule has 0 aliphatic carbocycles. The lowest BCUT2D eigenvalue weighted by atomic mass is 9.92. The molecule has 129 heavy (non-hydrogen) atoms. The molecule has 0 unspecified atom stereocenters. The van der Waals surface area contributed by atoms with E-state index in [0.717, 1.165) is 134 Å². The first-order chi connectivity index (χ1) is 63.9. The highest BCUT2D eigenvalue weighted by Crippen LogP contribution is 2.46. The normalized spacial score (nSPS) is 11.7. The fraction of sp³-hybridized carbons (Fsp3) is 0. The van der Waals surface area contributed by atoms with Gasteiger partial charge >= 0.3 is 0 Å². The van der Waals surface area contributed by atoms with Gasteiger partial charge in [0.2, 0.25) is 0 Å². The van der Waals surface area contributed by atoms with Crippen LogP contribution in [0.15, 0.2) is 446 Å². The molecule has 0 atom stereocenters. The quantitative estimate of drug-likeness (QED) is 0.132. The predicted octanol–water partition coefficient (Wildman–Crippen LogP) is 33.0. The van der Waals surface area contributed by atoms with Crippen molar-refractivity contribution in [1.82, 2.24) is 29.9 Å². The number of hydrogen-bond acceptors (Lipinski definition) is 9. The van der Waals surface area contributed by atoms with E-state index in [-0.39, 0.29) is 0 Å². The lowest BCUT2D eigenvalue weighted by molar-refractivity contribution is 0.669. The van der Waals surface area contributed by atoms with E-state index in [2.05, 4.69) is 352 Å². The molecule has 8 nitrogen and oxygen atoms in total. The van der Waals surface area contributed by atoms with Crippen molar-refractivity contribution in [2.75, 3.05) is 0 Å². The molecule has 0 aliphatic rings. The Morgan fingerprint density at radius 2 is 0.434 bits per heavy atom. The monoisotopic (exact) mass is 1660 g/mol. The van der Waals surface area contributed by atoms with E-state index in [4.69, 9.17) is 38.7 Å². The number of para-hydroxylation sites is 3. The Morgan fingerprint density at radius 1 is 0.155 bits per heavy atom. The number of aromatic nitrogens is 6. The summed E-state index contributed by atoms with van der Waals surface area (Å²) in [6.45, 7) is 0. The zero-order chi connectivity index (χ0) is 85.0. The van der Waals surface area contributed by atoms with Gasteiger partial charge in [-0.3, -0.25) is 0 Å². The lowest BCUT2D eigenvalue weighted by Gasteiger charge is -2.13. The highest BCUT2D eigenvalue weighted by molar-refractivity contribution is 7.26. The summed E-state index contributed by atoms with van der Waals surface area (Å²) in [7, 11) is 0. The summed E-state index contributed by atoms with van der Waals surface area (Å²) in [4.78, 5) is 31.0. The van der Waals surface area contributed by atoms with Crippen molar-refractivity contribution in [3.8, 4) is 102 Å². The van der Waals surface area contributed by atoms with Crippen LogP contribution in [-0.2, 0) is 0 Å². The van der Waals surface area contributed by atoms with Crippen LogP contribution in [-0.4, -0.2) is 29.9 Å². The second kappa shape index (κ2) is 31.1. The lowest BCUT2D eigenvalue weighted by Crippen LogP contribution is -1.96. The topological polar surface area (TPSA) is 104 Å². The van der Waals surface area contributed by atoms with Gasteiger partial charge in [-0.25, -0.2) is 29.9 Å². The Balaban J connectivity index is 0.000000105. The second-order valence-electron chi connectivity index (χ2n) is 32.9. The van der Waals surface area contributed by atoms with Crippen molar-refractivity contribution in [2.45, 2.75) is 0 Å². The molecule has 27 aromatic rings. The number of thiophene rings is 1. The average Bonchev–Trinajstić information content (AvgIpc) is 1.67. The highest BCUT2D eigenvalue weighted by Gasteiger charge is 2.23. The van der Waals surface area contributed by atoms with Crippen LogP contribution in [0.25, 0.3) is 263 Å². The van der Waals surface area contributed by atoms with E-state index in [1.165, 1.54) is 117 Å². The third-order valence-corrected chi connectivity index (χ3v) is 26.7. The third kappa shape index (κ3) is 13.0. The molecule has 0 spiro atoms. The van der Waals surface area contributed by atoms with Gasteiger partial charge < -0.3 is 8.83 Å². The van der Waals surface area contributed by atoms with Crippen LogP contribution in [0.5, 0.6) is 0 Å². The molecule has 0 saturated carbocycles. The van der Waals surface area contributed by atoms with E-state index in [0.29, 0.717) is 11.6 Å². The first-order valence-corrected chi connectivity index (χ1v) is 44.3. The molecule has 0 radical (unpaired) electrons. The third-order valence-electron chi connectivity index (χ3n) is 25.4. The summed E-state index contributed by atoms with van der Waals surface area (Å²) in [6, 6.07) is 154. The van der Waals surface area contributed by atoms with E-state index < -0.39 is 0 Å². The summed E-state index contributed by atoms with van der Waals surface area (Å²) in [5, 5.41) is 29.3. The smallest absolute Gasteiger partial charge is 0.164 e. The number of nitrogens with zero attached hydrogens (tertiary/aromatic N) is 6. The fourth-order valence-electron chi connectivity index (χ4n) is 19.3. The molecule has 0 bridgehead atoms. The molecule has 0 amide bonds. The van der Waals surface area contributed by atoms with Crippen LogP contribution >= 0.6 is 11.3 Å². The summed E-state index contributed by atoms with van der Waals surface area (Å²) in [6.07, 6.45) is 0. The number of fused-ring (bicyclic) bond motifs is 27. The zero-order valence-corrected chi connectivity index (χ0v) is 70.3. The molecule has 6 heterocycles. The van der Waals surface area contributed by atoms with Crippen LogP contribution in [0.2, 0.25) is 0 Å². The number of hydrogen-bond donors (Lipinski definition) is 0. The van der Waals surface area contributed by atoms with Crippen molar-refractivity contribution in [3.05, 3.63) is 437 Å². The molecule has 6 aromatic heterocycles. The average molecular weight is 1660 g/mol. The van der Waals surface area contributed by atoms with E-state index in [1.54, 1.807) is 0 Å². The number of rotatable bonds is 9. The molecule has 27 rings (SSSR count). The van der Waals surface area contributed by atoms with Crippen molar-refractivity contribution >= 4 is 172 Å². The van der Waals surface area contributed by atoms with E-state index in [9.17, 15) is 0 Å². The van der Waals surface area contributed by atoms with Crippen molar-refractivity contribution < 1.29 is 8.83 Å². The first-order valence-electron chi connectivity index (χ1n) is 43.5. The molecule has 0 fully saturated rings. The largest absolute Gasteiger partial charge is 0.456 e. The fourth-order valence-corrected chi connectivity index (χ4v) is 20.6. The van der Waals surface area contributed by atoms with Gasteiger partial charge in [0.1, 0.15) is 22.3 Å². The van der Waals surface area contributed by atoms with Gasteiger partial charge in [0.25, 0.3) is 0 Å². The zero-order valence-electron chi connectivity index (χ0n) is 69.5. The maximum atomic E-state index is 6.40. The molecular formula is C120H72N6O2S. The highest BCUT2D eigenvalue weighted by atomic mass is 32.1. The predicted molar refractivity (Wildman–Crippen MR) is 540 cm³/mol. The SMILES string of the molecule is c1ccc(-c2cc(-c3ccc4c5ccccc5c5ccccc5c4c3)nc(-c3cccc4c3oc3ccccc34)n2)cc1.c1ccc(-c2cc(-c3ccc4c5ccccc5c5ccccc5c4c3)nc(-c3cccc4c3sc3ccccc34)n2)cc1.c1ccc(-c2cc(-c3ccc4oc5ccccc5c4c3)nc(-c3ccc4c5ccccc5c5ccccc5c4c3)n2)cc1. The molecule has 9 heteroatoms. The molecule has 0 aliphatic heterocycles. The Hall–Kier alpha value is -17.0. The minimum absolute atomic E-state index is 0.643. The van der Waals surface area contributed by atoms with Crippen LogP contribution in [0, 0.1) is 0 Å². The van der Waals surface area contributed by atoms with Gasteiger partial charge in [-0.2, -0.15) is 0 Å². The van der Waals surface area contributed by atoms with Gasteiger partial charge in [0.05, 0.1) is 39.7 Å². The Bertz CT molecular complexity index is 8750. The van der Waals surface area contributed by atoms with Gasteiger partial charge in [0.15, 0.2) is 17.5 Å². The molecular weight excluding hydrogens is 1590 g/mol. The van der Waals surface area contributed by atoms with Gasteiger partial charge in [-0.15, -0.1) is 11.3 Å². The molecule has 600 valence electrons. The standard InChI is InChI=1S/2C40H24N2O.C40H24N2S/c1-2-11-25(12-3-1)36-24-37(42-40(41-36)34-19-10-18-33-32-17-8-9-20-38(32)43-39(33)34)26-21-22-31-29-15-5-4-13-27(29)28-14-6-7-16-30(28)35(31)23-26;1-2-10-25(11-3-1)36-24-37(26-19-21-39-35(22-26)33-16-8-9-17-38(33)43-39)42-40(41-36)27-18-20-32-30-14-5-4-12-28(30)29-13-6-7-15-31(29)34(32)23-27;1-2-11-25(12-3-1)36-24-37(42-40(41-36)34-19-10-18-33-32-17-8-9-20-38(32)43-39(33)34)26-21-22-31-29-15-5-4-13-27(29)28-14-6-7-16-30(28)35(31)23-26/h3*1-24H. The number of furan rings is 2. The Labute approximate surface area is 744 Å². The summed E-state index contributed by atoms with van der Waals surface area (Å²) in [5.74, 6) is 2.09.